The number of aliphatic hydroxyl groups is 1. The van der Waals surface area contributed by atoms with Crippen molar-refractivity contribution in [2.45, 2.75) is 25.2 Å². The van der Waals surface area contributed by atoms with Gasteiger partial charge in [0.15, 0.2) is 0 Å². The molecule has 90 valence electrons. The minimum absolute atomic E-state index is 0.137. The van der Waals surface area contributed by atoms with Crippen molar-refractivity contribution in [1.82, 2.24) is 0 Å². The third-order valence-electron chi connectivity index (χ3n) is 3.49. The lowest BCUT2D eigenvalue weighted by atomic mass is 9.74. The van der Waals surface area contributed by atoms with Crippen LogP contribution in [0.4, 0.5) is 0 Å². The van der Waals surface area contributed by atoms with Crippen molar-refractivity contribution < 1.29 is 5.11 Å². The van der Waals surface area contributed by atoms with Gasteiger partial charge in [-0.25, -0.2) is 0 Å². The molecule has 0 aliphatic carbocycles. The minimum Gasteiger partial charge on any atom is -0.395 e. The molecular formula is C15H18OS. The zero-order valence-corrected chi connectivity index (χ0v) is 10.9. The van der Waals surface area contributed by atoms with Crippen molar-refractivity contribution in [3.05, 3.63) is 58.3 Å². The molecule has 2 rings (SSSR count). The van der Waals surface area contributed by atoms with E-state index in [2.05, 4.69) is 35.9 Å². The van der Waals surface area contributed by atoms with E-state index in [0.717, 1.165) is 12.8 Å². The largest absolute Gasteiger partial charge is 0.395 e. The number of hydrogen-bond donors (Lipinski definition) is 1. The molecule has 0 fully saturated rings. The summed E-state index contributed by atoms with van der Waals surface area (Å²) in [6.07, 6.45) is 1.86. The molecule has 1 N–H and O–H groups in total. The zero-order chi connectivity index (χ0) is 12.1. The fourth-order valence-electron chi connectivity index (χ4n) is 2.27. The van der Waals surface area contributed by atoms with E-state index in [1.54, 1.807) is 11.3 Å². The molecule has 2 aromatic rings. The van der Waals surface area contributed by atoms with Gasteiger partial charge in [-0.05, 0) is 40.8 Å². The van der Waals surface area contributed by atoms with Crippen LogP contribution >= 0.6 is 11.3 Å². The van der Waals surface area contributed by atoms with E-state index in [-0.39, 0.29) is 12.0 Å². The highest BCUT2D eigenvalue weighted by Crippen LogP contribution is 2.32. The summed E-state index contributed by atoms with van der Waals surface area (Å²) in [7, 11) is 0. The molecule has 0 saturated carbocycles. The van der Waals surface area contributed by atoms with Crippen LogP contribution in [-0.4, -0.2) is 11.7 Å². The zero-order valence-electron chi connectivity index (χ0n) is 10.1. The first-order valence-electron chi connectivity index (χ1n) is 5.98. The van der Waals surface area contributed by atoms with Crippen molar-refractivity contribution in [2.24, 2.45) is 0 Å². The average Bonchev–Trinajstić information content (AvgIpc) is 2.90. The van der Waals surface area contributed by atoms with Crippen LogP contribution in [0.1, 0.15) is 24.5 Å². The second-order valence-electron chi connectivity index (χ2n) is 4.47. The first-order valence-corrected chi connectivity index (χ1v) is 6.92. The van der Waals surface area contributed by atoms with E-state index < -0.39 is 0 Å². The van der Waals surface area contributed by atoms with Crippen molar-refractivity contribution in [2.75, 3.05) is 6.61 Å². The maximum Gasteiger partial charge on any atom is 0.0531 e. The third kappa shape index (κ3) is 2.59. The normalized spacial score (nSPS) is 14.5. The molecule has 1 atom stereocenters. The Balaban J connectivity index is 2.32. The van der Waals surface area contributed by atoms with Gasteiger partial charge in [0, 0.05) is 5.41 Å². The standard InChI is InChI=1S/C15H18OS/c1-2-15(12-16,10-13-8-9-17-11-13)14-6-4-3-5-7-14/h3-9,11,16H,2,10,12H2,1H3. The van der Waals surface area contributed by atoms with Gasteiger partial charge in [-0.2, -0.15) is 11.3 Å². The lowest BCUT2D eigenvalue weighted by Gasteiger charge is -2.31. The minimum atomic E-state index is -0.137. The predicted molar refractivity (Wildman–Crippen MR) is 73.5 cm³/mol. The van der Waals surface area contributed by atoms with Gasteiger partial charge in [0.25, 0.3) is 0 Å². The highest BCUT2D eigenvalue weighted by Gasteiger charge is 2.29. The van der Waals surface area contributed by atoms with Gasteiger partial charge in [0.1, 0.15) is 0 Å². The monoisotopic (exact) mass is 246 g/mol. The van der Waals surface area contributed by atoms with E-state index in [0.29, 0.717) is 0 Å². The van der Waals surface area contributed by atoms with Crippen molar-refractivity contribution >= 4 is 11.3 Å². The molecule has 0 amide bonds. The molecule has 2 heteroatoms. The lowest BCUT2D eigenvalue weighted by molar-refractivity contribution is 0.186. The molecule has 0 aliphatic heterocycles. The van der Waals surface area contributed by atoms with Crippen LogP contribution < -0.4 is 0 Å². The van der Waals surface area contributed by atoms with Crippen LogP contribution in [0.5, 0.6) is 0 Å². The van der Waals surface area contributed by atoms with E-state index in [9.17, 15) is 5.11 Å². The number of hydrogen-bond acceptors (Lipinski definition) is 2. The Morgan fingerprint density at radius 2 is 1.94 bits per heavy atom. The first kappa shape index (κ1) is 12.3. The summed E-state index contributed by atoms with van der Waals surface area (Å²) in [5.74, 6) is 0. The fraction of sp³-hybridized carbons (Fsp3) is 0.333. The number of thiophene rings is 1. The van der Waals surface area contributed by atoms with E-state index >= 15 is 0 Å². The Hall–Kier alpha value is -1.12. The Morgan fingerprint density at radius 3 is 2.47 bits per heavy atom. The molecule has 0 radical (unpaired) electrons. The molecule has 0 spiro atoms. The summed E-state index contributed by atoms with van der Waals surface area (Å²) in [5.41, 5.74) is 2.41. The van der Waals surface area contributed by atoms with Gasteiger partial charge in [-0.1, -0.05) is 37.3 Å². The van der Waals surface area contributed by atoms with Crippen LogP contribution in [0.3, 0.4) is 0 Å². The Kier molecular flexibility index (Phi) is 3.97. The van der Waals surface area contributed by atoms with Gasteiger partial charge in [-0.3, -0.25) is 0 Å². The summed E-state index contributed by atoms with van der Waals surface area (Å²) in [6, 6.07) is 12.5. The molecule has 1 heterocycles. The first-order chi connectivity index (χ1) is 8.30. The van der Waals surface area contributed by atoms with Gasteiger partial charge in [-0.15, -0.1) is 0 Å². The molecule has 0 bridgehead atoms. The second-order valence-corrected chi connectivity index (χ2v) is 5.25. The van der Waals surface area contributed by atoms with Crippen molar-refractivity contribution in [1.29, 1.82) is 0 Å². The molecule has 0 saturated heterocycles. The van der Waals surface area contributed by atoms with E-state index in [1.165, 1.54) is 11.1 Å². The van der Waals surface area contributed by atoms with Crippen LogP contribution in [-0.2, 0) is 11.8 Å². The predicted octanol–water partition coefficient (Wildman–Crippen LogP) is 3.63. The highest BCUT2D eigenvalue weighted by atomic mass is 32.1. The van der Waals surface area contributed by atoms with Gasteiger partial charge >= 0.3 is 0 Å². The molecular weight excluding hydrogens is 228 g/mol. The molecule has 17 heavy (non-hydrogen) atoms. The number of rotatable bonds is 5. The fourth-order valence-corrected chi connectivity index (χ4v) is 2.93. The third-order valence-corrected chi connectivity index (χ3v) is 4.22. The summed E-state index contributed by atoms with van der Waals surface area (Å²) < 4.78 is 0. The average molecular weight is 246 g/mol. The smallest absolute Gasteiger partial charge is 0.0531 e. The van der Waals surface area contributed by atoms with Crippen LogP contribution in [0.15, 0.2) is 47.2 Å². The Morgan fingerprint density at radius 1 is 1.18 bits per heavy atom. The molecule has 0 aliphatic rings. The molecule has 1 aromatic heterocycles. The Labute approximate surface area is 107 Å². The maximum atomic E-state index is 9.83. The highest BCUT2D eigenvalue weighted by molar-refractivity contribution is 7.07. The second kappa shape index (κ2) is 5.48. The van der Waals surface area contributed by atoms with Gasteiger partial charge in [0.05, 0.1) is 6.61 Å². The molecule has 1 unspecified atom stereocenters. The van der Waals surface area contributed by atoms with E-state index in [1.807, 2.05) is 18.2 Å². The summed E-state index contributed by atoms with van der Waals surface area (Å²) >= 11 is 1.71. The molecule has 1 aromatic carbocycles. The number of benzene rings is 1. The lowest BCUT2D eigenvalue weighted by Crippen LogP contribution is -2.32. The summed E-state index contributed by atoms with van der Waals surface area (Å²) in [4.78, 5) is 0. The van der Waals surface area contributed by atoms with E-state index in [4.69, 9.17) is 0 Å². The van der Waals surface area contributed by atoms with Crippen LogP contribution in [0.2, 0.25) is 0 Å². The summed E-state index contributed by atoms with van der Waals surface area (Å²) in [6.45, 7) is 2.35. The maximum absolute atomic E-state index is 9.83. The van der Waals surface area contributed by atoms with Crippen LogP contribution in [0, 0.1) is 0 Å². The molecule has 1 nitrogen and oxygen atoms in total. The topological polar surface area (TPSA) is 20.2 Å². The number of aliphatic hydroxyl groups excluding tert-OH is 1. The van der Waals surface area contributed by atoms with Crippen molar-refractivity contribution in [3.63, 3.8) is 0 Å². The van der Waals surface area contributed by atoms with Crippen molar-refractivity contribution in [3.8, 4) is 0 Å². The SMILES string of the molecule is CCC(CO)(Cc1ccsc1)c1ccccc1. The Bertz CT molecular complexity index is 429. The summed E-state index contributed by atoms with van der Waals surface area (Å²) in [5, 5.41) is 14.1. The quantitative estimate of drug-likeness (QED) is 0.854. The van der Waals surface area contributed by atoms with Gasteiger partial charge < -0.3 is 5.11 Å². The van der Waals surface area contributed by atoms with Gasteiger partial charge in [0.2, 0.25) is 0 Å². The van der Waals surface area contributed by atoms with Crippen LogP contribution in [0.25, 0.3) is 0 Å².